The maximum absolute atomic E-state index is 11.4. The second kappa shape index (κ2) is 5.58. The van der Waals surface area contributed by atoms with Crippen molar-refractivity contribution in [1.82, 2.24) is 5.32 Å². The molecule has 0 unspecified atom stereocenters. The molecule has 5 heteroatoms. The first-order valence-corrected chi connectivity index (χ1v) is 4.62. The van der Waals surface area contributed by atoms with E-state index in [1.54, 1.807) is 6.92 Å². The molecular formula is C9H14N2O3. The summed E-state index contributed by atoms with van der Waals surface area (Å²) < 4.78 is 10.3. The van der Waals surface area contributed by atoms with Gasteiger partial charge in [-0.1, -0.05) is 0 Å². The number of ether oxygens (including phenoxy) is 2. The van der Waals surface area contributed by atoms with Crippen molar-refractivity contribution in [3.8, 4) is 6.07 Å². The number of carbonyl (C=O) groups excluding carboxylic acids is 1. The fourth-order valence-corrected chi connectivity index (χ4v) is 1.14. The van der Waals surface area contributed by atoms with Crippen LogP contribution in [0.25, 0.3) is 0 Å². The summed E-state index contributed by atoms with van der Waals surface area (Å²) >= 11 is 0. The maximum Gasteiger partial charge on any atom is 0.227 e. The third kappa shape index (κ3) is 3.32. The van der Waals surface area contributed by atoms with Gasteiger partial charge in [-0.2, -0.15) is 5.26 Å². The fraction of sp³-hybridized carbons (Fsp3) is 0.778. The van der Waals surface area contributed by atoms with Crippen LogP contribution in [0.3, 0.4) is 0 Å². The topological polar surface area (TPSA) is 71.3 Å². The summed E-state index contributed by atoms with van der Waals surface area (Å²) in [6.45, 7) is 2.96. The second-order valence-electron chi connectivity index (χ2n) is 3.13. The molecule has 1 N–H and O–H groups in total. The molecule has 0 radical (unpaired) electrons. The molecule has 0 spiro atoms. The van der Waals surface area contributed by atoms with Crippen LogP contribution in [0.1, 0.15) is 13.3 Å². The summed E-state index contributed by atoms with van der Waals surface area (Å²) in [6, 6.07) is 1.96. The smallest absolute Gasteiger partial charge is 0.227 e. The van der Waals surface area contributed by atoms with E-state index in [-0.39, 0.29) is 18.1 Å². The van der Waals surface area contributed by atoms with E-state index in [4.69, 9.17) is 14.7 Å². The van der Waals surface area contributed by atoms with Gasteiger partial charge in [-0.3, -0.25) is 4.79 Å². The minimum atomic E-state index is -0.245. The highest BCUT2D eigenvalue weighted by Crippen LogP contribution is 2.10. The Morgan fingerprint density at radius 2 is 2.21 bits per heavy atom. The van der Waals surface area contributed by atoms with Crippen molar-refractivity contribution in [2.75, 3.05) is 19.8 Å². The Kier molecular flexibility index (Phi) is 4.36. The lowest BCUT2D eigenvalue weighted by atomic mass is 10.1. The molecule has 5 nitrogen and oxygen atoms in total. The van der Waals surface area contributed by atoms with Crippen LogP contribution in [0, 0.1) is 17.2 Å². The van der Waals surface area contributed by atoms with Gasteiger partial charge in [-0.25, -0.2) is 0 Å². The van der Waals surface area contributed by atoms with Gasteiger partial charge < -0.3 is 14.8 Å². The van der Waals surface area contributed by atoms with Crippen molar-refractivity contribution in [3.05, 3.63) is 0 Å². The van der Waals surface area contributed by atoms with Gasteiger partial charge in [0.15, 0.2) is 6.29 Å². The average Bonchev–Trinajstić information content (AvgIpc) is 2.19. The van der Waals surface area contributed by atoms with Gasteiger partial charge in [0.1, 0.15) is 0 Å². The molecule has 0 saturated carbocycles. The van der Waals surface area contributed by atoms with Crippen LogP contribution >= 0.6 is 0 Å². The monoisotopic (exact) mass is 198 g/mol. The summed E-state index contributed by atoms with van der Waals surface area (Å²) in [7, 11) is 0. The van der Waals surface area contributed by atoms with Crippen LogP contribution in [0.4, 0.5) is 0 Å². The minimum absolute atomic E-state index is 0.104. The van der Waals surface area contributed by atoms with Crippen LogP contribution in [0.2, 0.25) is 0 Å². The van der Waals surface area contributed by atoms with Gasteiger partial charge in [0.2, 0.25) is 5.91 Å². The highest BCUT2D eigenvalue weighted by molar-refractivity contribution is 5.78. The number of hydrogen-bond acceptors (Lipinski definition) is 4. The molecule has 1 rings (SSSR count). The average molecular weight is 198 g/mol. The summed E-state index contributed by atoms with van der Waals surface area (Å²) in [5.41, 5.74) is 0. The lowest BCUT2D eigenvalue weighted by Crippen LogP contribution is -2.41. The highest BCUT2D eigenvalue weighted by Gasteiger charge is 2.24. The lowest BCUT2D eigenvalue weighted by molar-refractivity contribution is -0.192. The predicted molar refractivity (Wildman–Crippen MR) is 48.1 cm³/mol. The Bertz CT molecular complexity index is 229. The van der Waals surface area contributed by atoms with Gasteiger partial charge >= 0.3 is 0 Å². The van der Waals surface area contributed by atoms with Crippen LogP contribution in [-0.4, -0.2) is 32.0 Å². The quantitative estimate of drug-likeness (QED) is 0.649. The Morgan fingerprint density at radius 3 is 2.79 bits per heavy atom. The molecule has 1 amide bonds. The van der Waals surface area contributed by atoms with E-state index in [0.29, 0.717) is 26.2 Å². The molecule has 1 aliphatic heterocycles. The number of nitrogens with zero attached hydrogens (tertiary/aromatic N) is 1. The van der Waals surface area contributed by atoms with Gasteiger partial charge in [0.25, 0.3) is 0 Å². The number of nitrogens with one attached hydrogen (secondary N) is 1. The van der Waals surface area contributed by atoms with Crippen molar-refractivity contribution < 1.29 is 14.3 Å². The van der Waals surface area contributed by atoms with Gasteiger partial charge in [-0.05, 0) is 6.92 Å². The zero-order valence-electron chi connectivity index (χ0n) is 8.16. The maximum atomic E-state index is 11.4. The third-order valence-corrected chi connectivity index (χ3v) is 1.97. The summed E-state index contributed by atoms with van der Waals surface area (Å²) in [6.07, 6.45) is 0.106. The van der Waals surface area contributed by atoms with Gasteiger partial charge in [-0.15, -0.1) is 0 Å². The lowest BCUT2D eigenvalue weighted by Gasteiger charge is -2.26. The molecule has 0 aliphatic carbocycles. The van der Waals surface area contributed by atoms with E-state index in [9.17, 15) is 4.79 Å². The van der Waals surface area contributed by atoms with Crippen molar-refractivity contribution in [3.63, 3.8) is 0 Å². The molecule has 0 atom stereocenters. The molecule has 78 valence electrons. The molecule has 1 heterocycles. The van der Waals surface area contributed by atoms with E-state index in [1.807, 2.05) is 6.07 Å². The minimum Gasteiger partial charge on any atom is -0.355 e. The molecule has 1 aliphatic rings. The van der Waals surface area contributed by atoms with Crippen LogP contribution in [0.15, 0.2) is 0 Å². The standard InChI is InChI=1S/C9H14N2O3/c1-7-13-5-8(6-14-7)9(12)11-4-2-3-10/h7-8H,2,4-6H2,1H3,(H,11,12). The molecule has 0 bridgehead atoms. The molecular weight excluding hydrogens is 184 g/mol. The summed E-state index contributed by atoms with van der Waals surface area (Å²) in [5, 5.41) is 10.9. The first-order chi connectivity index (χ1) is 6.74. The van der Waals surface area contributed by atoms with E-state index in [2.05, 4.69) is 5.32 Å². The number of amides is 1. The zero-order valence-corrected chi connectivity index (χ0v) is 8.16. The number of nitriles is 1. The van der Waals surface area contributed by atoms with Crippen LogP contribution in [0.5, 0.6) is 0 Å². The summed E-state index contributed by atoms with van der Waals surface area (Å²) in [4.78, 5) is 11.4. The van der Waals surface area contributed by atoms with Crippen LogP contribution < -0.4 is 5.32 Å². The fourth-order valence-electron chi connectivity index (χ4n) is 1.14. The molecule has 1 saturated heterocycles. The molecule has 0 aromatic heterocycles. The van der Waals surface area contributed by atoms with E-state index in [0.717, 1.165) is 0 Å². The van der Waals surface area contributed by atoms with Crippen molar-refractivity contribution in [2.24, 2.45) is 5.92 Å². The SMILES string of the molecule is CC1OCC(C(=O)NCCC#N)CO1. The Labute approximate surface area is 83.0 Å². The van der Waals surface area contributed by atoms with Gasteiger partial charge in [0.05, 0.1) is 31.6 Å². The van der Waals surface area contributed by atoms with Crippen molar-refractivity contribution >= 4 is 5.91 Å². The van der Waals surface area contributed by atoms with E-state index >= 15 is 0 Å². The van der Waals surface area contributed by atoms with Crippen LogP contribution in [-0.2, 0) is 14.3 Å². The summed E-state index contributed by atoms with van der Waals surface area (Å²) in [5.74, 6) is -0.350. The third-order valence-electron chi connectivity index (χ3n) is 1.97. The number of rotatable bonds is 3. The van der Waals surface area contributed by atoms with Gasteiger partial charge in [0, 0.05) is 6.54 Å². The largest absolute Gasteiger partial charge is 0.355 e. The Hall–Kier alpha value is -1.12. The van der Waals surface area contributed by atoms with E-state index in [1.165, 1.54) is 0 Å². The first kappa shape index (κ1) is 11.0. The zero-order chi connectivity index (χ0) is 10.4. The predicted octanol–water partition coefficient (Wildman–Crippen LogP) is 0.0253. The molecule has 0 aromatic carbocycles. The molecule has 0 aromatic rings. The normalized spacial score (nSPS) is 26.6. The Morgan fingerprint density at radius 1 is 1.57 bits per heavy atom. The highest BCUT2D eigenvalue weighted by atomic mass is 16.7. The number of carbonyl (C=O) groups is 1. The molecule has 14 heavy (non-hydrogen) atoms. The second-order valence-corrected chi connectivity index (χ2v) is 3.13. The Balaban J connectivity index is 2.21. The number of hydrogen-bond donors (Lipinski definition) is 1. The van der Waals surface area contributed by atoms with Crippen molar-refractivity contribution in [1.29, 1.82) is 5.26 Å². The van der Waals surface area contributed by atoms with E-state index < -0.39 is 0 Å². The van der Waals surface area contributed by atoms with Crippen molar-refractivity contribution in [2.45, 2.75) is 19.6 Å². The first-order valence-electron chi connectivity index (χ1n) is 4.62. The molecule has 1 fully saturated rings.